The molecule has 1 heterocycles. The molecule has 2 aromatic rings. The molecule has 0 aliphatic heterocycles. The summed E-state index contributed by atoms with van der Waals surface area (Å²) < 4.78 is 6.26. The summed E-state index contributed by atoms with van der Waals surface area (Å²) in [6, 6.07) is 10.1. The normalized spacial score (nSPS) is 22.9. The average molecular weight is 270 g/mol. The lowest BCUT2D eigenvalue weighted by Gasteiger charge is -2.27. The van der Waals surface area contributed by atoms with Crippen LogP contribution >= 0.6 is 0 Å². The van der Waals surface area contributed by atoms with Gasteiger partial charge in [-0.05, 0) is 43.7 Å². The fraction of sp³-hybridized carbons (Fsp3) is 0.471. The van der Waals surface area contributed by atoms with Gasteiger partial charge in [0.1, 0.15) is 5.75 Å². The van der Waals surface area contributed by atoms with Crippen molar-refractivity contribution < 1.29 is 4.74 Å². The molecule has 0 spiro atoms. The van der Waals surface area contributed by atoms with Crippen LogP contribution in [0.4, 0.5) is 0 Å². The molecule has 0 atom stereocenters. The molecule has 3 rings (SSSR count). The highest BCUT2D eigenvalue weighted by atomic mass is 16.5. The Balaban J connectivity index is 1.89. The van der Waals surface area contributed by atoms with Crippen molar-refractivity contribution in [1.29, 1.82) is 0 Å². The van der Waals surface area contributed by atoms with E-state index in [1.807, 2.05) is 24.3 Å². The van der Waals surface area contributed by atoms with Gasteiger partial charge in [0.15, 0.2) is 0 Å². The standard InChI is InChI=1S/C17H22N2O/c1-12-6-8-14(9-7-12)20-17-10-13(11-18)19-16-5-3-2-4-15(16)17/h2-5,10,12,14H,6-9,11,18H2,1H3. The number of hydrogen-bond acceptors (Lipinski definition) is 3. The molecule has 106 valence electrons. The zero-order valence-electron chi connectivity index (χ0n) is 12.0. The van der Waals surface area contributed by atoms with Gasteiger partial charge in [0.05, 0.1) is 17.3 Å². The highest BCUT2D eigenvalue weighted by Crippen LogP contribution is 2.31. The lowest BCUT2D eigenvalue weighted by Crippen LogP contribution is -2.23. The van der Waals surface area contributed by atoms with Crippen molar-refractivity contribution in [3.05, 3.63) is 36.0 Å². The maximum Gasteiger partial charge on any atom is 0.130 e. The maximum absolute atomic E-state index is 6.26. The molecule has 1 aliphatic rings. The predicted octanol–water partition coefficient (Wildman–Crippen LogP) is 3.65. The van der Waals surface area contributed by atoms with Gasteiger partial charge in [-0.3, -0.25) is 4.98 Å². The number of ether oxygens (including phenoxy) is 1. The Labute approximate surface area is 120 Å². The molecular formula is C17H22N2O. The highest BCUT2D eigenvalue weighted by Gasteiger charge is 2.20. The lowest BCUT2D eigenvalue weighted by molar-refractivity contribution is 0.137. The molecule has 1 aliphatic carbocycles. The number of benzene rings is 1. The molecule has 0 amide bonds. The van der Waals surface area contributed by atoms with Crippen molar-refractivity contribution in [3.63, 3.8) is 0 Å². The summed E-state index contributed by atoms with van der Waals surface area (Å²) in [7, 11) is 0. The maximum atomic E-state index is 6.26. The van der Waals surface area contributed by atoms with E-state index in [0.29, 0.717) is 12.6 Å². The SMILES string of the molecule is CC1CCC(Oc2cc(CN)nc3ccccc23)CC1. The van der Waals surface area contributed by atoms with Gasteiger partial charge in [0.25, 0.3) is 0 Å². The first-order chi connectivity index (χ1) is 9.76. The van der Waals surface area contributed by atoms with Crippen LogP contribution in [0.15, 0.2) is 30.3 Å². The summed E-state index contributed by atoms with van der Waals surface area (Å²) in [5.41, 5.74) is 7.60. The Morgan fingerprint density at radius 1 is 1.20 bits per heavy atom. The summed E-state index contributed by atoms with van der Waals surface area (Å²) in [6.45, 7) is 2.77. The van der Waals surface area contributed by atoms with Gasteiger partial charge in [0, 0.05) is 18.0 Å². The average Bonchev–Trinajstić information content (AvgIpc) is 2.49. The molecule has 1 aromatic carbocycles. The van der Waals surface area contributed by atoms with E-state index in [1.165, 1.54) is 12.8 Å². The molecule has 3 nitrogen and oxygen atoms in total. The Morgan fingerprint density at radius 2 is 1.95 bits per heavy atom. The van der Waals surface area contributed by atoms with E-state index in [1.54, 1.807) is 0 Å². The third kappa shape index (κ3) is 2.78. The molecule has 1 fully saturated rings. The first-order valence-electron chi connectivity index (χ1n) is 7.51. The van der Waals surface area contributed by atoms with Crippen LogP contribution in [0, 0.1) is 5.92 Å². The summed E-state index contributed by atoms with van der Waals surface area (Å²) in [6.07, 6.45) is 5.16. The number of nitrogens with zero attached hydrogens (tertiary/aromatic N) is 1. The predicted molar refractivity (Wildman–Crippen MR) is 81.7 cm³/mol. The molecule has 0 radical (unpaired) electrons. The van der Waals surface area contributed by atoms with E-state index >= 15 is 0 Å². The van der Waals surface area contributed by atoms with Crippen LogP contribution in [0.3, 0.4) is 0 Å². The van der Waals surface area contributed by atoms with Crippen molar-refractivity contribution in [3.8, 4) is 5.75 Å². The van der Waals surface area contributed by atoms with Crippen LogP contribution in [0.1, 0.15) is 38.3 Å². The van der Waals surface area contributed by atoms with Gasteiger partial charge in [-0.15, -0.1) is 0 Å². The van der Waals surface area contributed by atoms with Crippen molar-refractivity contribution in [2.45, 2.75) is 45.3 Å². The highest BCUT2D eigenvalue weighted by molar-refractivity contribution is 5.85. The molecule has 0 saturated heterocycles. The van der Waals surface area contributed by atoms with Crippen LogP contribution in [-0.2, 0) is 6.54 Å². The minimum absolute atomic E-state index is 0.336. The fourth-order valence-corrected chi connectivity index (χ4v) is 2.92. The topological polar surface area (TPSA) is 48.1 Å². The Kier molecular flexibility index (Phi) is 3.88. The first kappa shape index (κ1) is 13.4. The third-order valence-corrected chi connectivity index (χ3v) is 4.20. The number of rotatable bonds is 3. The Bertz CT molecular complexity index is 589. The number of nitrogens with two attached hydrogens (primary N) is 1. The number of aromatic nitrogens is 1. The Hall–Kier alpha value is -1.61. The summed E-state index contributed by atoms with van der Waals surface area (Å²) in [4.78, 5) is 4.55. The second-order valence-electron chi connectivity index (χ2n) is 5.83. The second-order valence-corrected chi connectivity index (χ2v) is 5.83. The van der Waals surface area contributed by atoms with Crippen molar-refractivity contribution in [2.75, 3.05) is 0 Å². The molecule has 1 saturated carbocycles. The van der Waals surface area contributed by atoms with E-state index in [0.717, 1.165) is 41.1 Å². The van der Waals surface area contributed by atoms with Crippen LogP contribution in [0.25, 0.3) is 10.9 Å². The third-order valence-electron chi connectivity index (χ3n) is 4.20. The van der Waals surface area contributed by atoms with Crippen molar-refractivity contribution in [1.82, 2.24) is 4.98 Å². The minimum atomic E-state index is 0.336. The van der Waals surface area contributed by atoms with Crippen LogP contribution < -0.4 is 10.5 Å². The van der Waals surface area contributed by atoms with E-state index < -0.39 is 0 Å². The fourth-order valence-electron chi connectivity index (χ4n) is 2.92. The molecule has 2 N–H and O–H groups in total. The van der Waals surface area contributed by atoms with E-state index in [-0.39, 0.29) is 0 Å². The number of fused-ring (bicyclic) bond motifs is 1. The quantitative estimate of drug-likeness (QED) is 0.926. The minimum Gasteiger partial charge on any atom is -0.490 e. The summed E-state index contributed by atoms with van der Waals surface area (Å²) >= 11 is 0. The number of pyridine rings is 1. The molecule has 3 heteroatoms. The Morgan fingerprint density at radius 3 is 2.70 bits per heavy atom. The molecule has 0 unspecified atom stereocenters. The van der Waals surface area contributed by atoms with Gasteiger partial charge in [-0.2, -0.15) is 0 Å². The van der Waals surface area contributed by atoms with Crippen LogP contribution in [0.5, 0.6) is 5.75 Å². The zero-order valence-corrected chi connectivity index (χ0v) is 12.0. The van der Waals surface area contributed by atoms with Gasteiger partial charge < -0.3 is 10.5 Å². The molecule has 0 bridgehead atoms. The molecule has 1 aromatic heterocycles. The van der Waals surface area contributed by atoms with E-state index in [4.69, 9.17) is 10.5 Å². The van der Waals surface area contributed by atoms with Crippen molar-refractivity contribution in [2.24, 2.45) is 11.7 Å². The second kappa shape index (κ2) is 5.80. The van der Waals surface area contributed by atoms with Gasteiger partial charge in [-0.25, -0.2) is 0 Å². The van der Waals surface area contributed by atoms with Crippen LogP contribution in [-0.4, -0.2) is 11.1 Å². The molecular weight excluding hydrogens is 248 g/mol. The van der Waals surface area contributed by atoms with E-state index in [9.17, 15) is 0 Å². The smallest absolute Gasteiger partial charge is 0.130 e. The van der Waals surface area contributed by atoms with Crippen LogP contribution in [0.2, 0.25) is 0 Å². The van der Waals surface area contributed by atoms with Gasteiger partial charge in [0.2, 0.25) is 0 Å². The largest absolute Gasteiger partial charge is 0.490 e. The molecule has 20 heavy (non-hydrogen) atoms. The van der Waals surface area contributed by atoms with E-state index in [2.05, 4.69) is 18.0 Å². The summed E-state index contributed by atoms with van der Waals surface area (Å²) in [5, 5.41) is 1.09. The zero-order chi connectivity index (χ0) is 13.9. The van der Waals surface area contributed by atoms with Gasteiger partial charge in [-0.1, -0.05) is 19.1 Å². The van der Waals surface area contributed by atoms with Crippen molar-refractivity contribution >= 4 is 10.9 Å². The monoisotopic (exact) mass is 270 g/mol. The summed E-state index contributed by atoms with van der Waals surface area (Å²) in [5.74, 6) is 1.78. The lowest BCUT2D eigenvalue weighted by atomic mass is 9.89. The first-order valence-corrected chi connectivity index (χ1v) is 7.51. The number of para-hydroxylation sites is 1. The van der Waals surface area contributed by atoms with Gasteiger partial charge >= 0.3 is 0 Å². The number of hydrogen-bond donors (Lipinski definition) is 1.